The first kappa shape index (κ1) is 21.3. The number of benzene rings is 3. The molecular weight excluding hydrogens is 450 g/mol. The zero-order valence-electron chi connectivity index (χ0n) is 16.3. The van der Waals surface area contributed by atoms with Crippen LogP contribution in [0.1, 0.15) is 5.56 Å². The van der Waals surface area contributed by atoms with Gasteiger partial charge in [-0.15, -0.1) is 0 Å². The number of nitro groups is 1. The van der Waals surface area contributed by atoms with E-state index in [9.17, 15) is 18.5 Å². The van der Waals surface area contributed by atoms with Gasteiger partial charge >= 0.3 is 0 Å². The van der Waals surface area contributed by atoms with Gasteiger partial charge in [-0.2, -0.15) is 14.9 Å². The Kier molecular flexibility index (Phi) is 5.75. The van der Waals surface area contributed by atoms with Gasteiger partial charge in [-0.1, -0.05) is 30.3 Å². The van der Waals surface area contributed by atoms with Crippen LogP contribution < -0.4 is 0 Å². The van der Waals surface area contributed by atoms with Crippen molar-refractivity contribution >= 4 is 34.0 Å². The smallest absolute Gasteiger partial charge is 0.258 e. The van der Waals surface area contributed by atoms with E-state index in [4.69, 9.17) is 12.2 Å². The van der Waals surface area contributed by atoms with Crippen molar-refractivity contribution in [2.75, 3.05) is 0 Å². The summed E-state index contributed by atoms with van der Waals surface area (Å²) in [5, 5.41) is 22.1. The van der Waals surface area contributed by atoms with Crippen molar-refractivity contribution in [1.82, 2.24) is 14.9 Å². The van der Waals surface area contributed by atoms with Crippen molar-refractivity contribution in [1.29, 1.82) is 0 Å². The van der Waals surface area contributed by atoms with Crippen molar-refractivity contribution in [2.45, 2.75) is 9.79 Å². The fourth-order valence-electron chi connectivity index (χ4n) is 2.95. The molecule has 0 radical (unpaired) electrons. The van der Waals surface area contributed by atoms with Gasteiger partial charge < -0.3 is 0 Å². The number of H-pyrrole nitrogens is 1. The van der Waals surface area contributed by atoms with Crippen LogP contribution in [0.3, 0.4) is 0 Å². The van der Waals surface area contributed by atoms with Crippen LogP contribution in [0.4, 0.5) is 5.69 Å². The molecule has 1 aromatic heterocycles. The van der Waals surface area contributed by atoms with E-state index >= 15 is 0 Å². The van der Waals surface area contributed by atoms with Crippen molar-refractivity contribution in [3.8, 4) is 11.4 Å². The van der Waals surface area contributed by atoms with Crippen molar-refractivity contribution in [2.24, 2.45) is 5.10 Å². The number of sulfone groups is 1. The Hall–Kier alpha value is -3.96. The molecule has 0 saturated heterocycles. The Bertz CT molecular complexity index is 1470. The lowest BCUT2D eigenvalue weighted by Crippen LogP contribution is -2.02. The second kappa shape index (κ2) is 8.65. The fourth-order valence-corrected chi connectivity index (χ4v) is 4.41. The first-order valence-electron chi connectivity index (χ1n) is 9.23. The van der Waals surface area contributed by atoms with Gasteiger partial charge in [0, 0.05) is 23.3 Å². The van der Waals surface area contributed by atoms with E-state index in [0.717, 1.165) is 0 Å². The van der Waals surface area contributed by atoms with Crippen LogP contribution >= 0.6 is 12.2 Å². The molecule has 1 N–H and O–H groups in total. The normalized spacial score (nSPS) is 11.6. The Morgan fingerprint density at radius 1 is 1.00 bits per heavy atom. The molecule has 0 aliphatic carbocycles. The molecule has 0 aliphatic heterocycles. The lowest BCUT2D eigenvalue weighted by Gasteiger charge is -2.06. The van der Waals surface area contributed by atoms with E-state index in [-0.39, 0.29) is 20.2 Å². The Balaban J connectivity index is 1.66. The molecule has 0 unspecified atom stereocenters. The maximum atomic E-state index is 12.8. The van der Waals surface area contributed by atoms with Crippen LogP contribution in [0.25, 0.3) is 11.4 Å². The SMILES string of the molecule is O=[N+]([O-])c1cccc(/C=N/n2c(-c3ccc(S(=O)(=O)c4ccccc4)cc3)n[nH]c2=S)c1. The monoisotopic (exact) mass is 465 g/mol. The third kappa shape index (κ3) is 4.24. The second-order valence-electron chi connectivity index (χ2n) is 6.60. The molecule has 0 spiro atoms. The van der Waals surface area contributed by atoms with Crippen molar-refractivity contribution in [3.05, 3.63) is 99.3 Å². The number of aromatic amines is 1. The zero-order chi connectivity index (χ0) is 22.7. The number of nitrogens with one attached hydrogen (secondary N) is 1. The molecule has 0 aliphatic rings. The lowest BCUT2D eigenvalue weighted by atomic mass is 10.2. The minimum atomic E-state index is -3.64. The highest BCUT2D eigenvalue weighted by Gasteiger charge is 2.18. The average Bonchev–Trinajstić information content (AvgIpc) is 3.18. The highest BCUT2D eigenvalue weighted by molar-refractivity contribution is 7.91. The number of hydrogen-bond acceptors (Lipinski definition) is 7. The summed E-state index contributed by atoms with van der Waals surface area (Å²) in [6.07, 6.45) is 1.43. The van der Waals surface area contributed by atoms with E-state index in [1.54, 1.807) is 42.5 Å². The van der Waals surface area contributed by atoms with E-state index in [1.807, 2.05) is 0 Å². The lowest BCUT2D eigenvalue weighted by molar-refractivity contribution is -0.384. The van der Waals surface area contributed by atoms with E-state index < -0.39 is 14.8 Å². The first-order chi connectivity index (χ1) is 15.4. The molecule has 3 aromatic carbocycles. The molecule has 4 aromatic rings. The predicted molar refractivity (Wildman–Crippen MR) is 121 cm³/mol. The van der Waals surface area contributed by atoms with Gasteiger partial charge in [-0.05, 0) is 48.6 Å². The van der Waals surface area contributed by atoms with Crippen LogP contribution in [0.5, 0.6) is 0 Å². The van der Waals surface area contributed by atoms with Crippen LogP contribution in [-0.4, -0.2) is 34.4 Å². The molecule has 0 amide bonds. The number of hydrogen-bond donors (Lipinski definition) is 1. The molecule has 0 fully saturated rings. The molecule has 9 nitrogen and oxygen atoms in total. The minimum Gasteiger partial charge on any atom is -0.258 e. The molecule has 4 rings (SSSR count). The van der Waals surface area contributed by atoms with Gasteiger partial charge in [0.2, 0.25) is 14.6 Å². The fraction of sp³-hybridized carbons (Fsp3) is 0. The largest absolute Gasteiger partial charge is 0.270 e. The quantitative estimate of drug-likeness (QED) is 0.197. The molecule has 0 atom stereocenters. The van der Waals surface area contributed by atoms with Crippen molar-refractivity contribution < 1.29 is 13.3 Å². The summed E-state index contributed by atoms with van der Waals surface area (Å²) in [6, 6.07) is 20.4. The van der Waals surface area contributed by atoms with Crippen LogP contribution in [0.15, 0.2) is 93.8 Å². The second-order valence-corrected chi connectivity index (χ2v) is 8.94. The van der Waals surface area contributed by atoms with Crippen LogP contribution in [-0.2, 0) is 9.84 Å². The molecule has 160 valence electrons. The predicted octanol–water partition coefficient (Wildman–Crippen LogP) is 4.23. The summed E-state index contributed by atoms with van der Waals surface area (Å²) in [6.45, 7) is 0. The van der Waals surface area contributed by atoms with Crippen LogP contribution in [0.2, 0.25) is 0 Å². The summed E-state index contributed by atoms with van der Waals surface area (Å²) in [5.74, 6) is 0.361. The third-order valence-corrected chi connectivity index (χ3v) is 6.58. The molecule has 0 saturated carbocycles. The average molecular weight is 466 g/mol. The number of non-ortho nitro benzene ring substituents is 1. The van der Waals surface area contributed by atoms with Gasteiger partial charge in [-0.3, -0.25) is 10.1 Å². The Morgan fingerprint density at radius 3 is 2.38 bits per heavy atom. The number of nitrogens with zero attached hydrogens (tertiary/aromatic N) is 4. The topological polar surface area (TPSA) is 123 Å². The van der Waals surface area contributed by atoms with Crippen LogP contribution in [0, 0.1) is 14.9 Å². The van der Waals surface area contributed by atoms with Gasteiger partial charge in [0.15, 0.2) is 5.82 Å². The summed E-state index contributed by atoms with van der Waals surface area (Å²) < 4.78 is 27.1. The number of nitro benzene ring substituents is 1. The third-order valence-electron chi connectivity index (χ3n) is 4.53. The maximum absolute atomic E-state index is 12.8. The van der Waals surface area contributed by atoms with E-state index in [0.29, 0.717) is 17.0 Å². The highest BCUT2D eigenvalue weighted by Crippen LogP contribution is 2.24. The van der Waals surface area contributed by atoms with Gasteiger partial charge in [0.25, 0.3) is 5.69 Å². The molecule has 0 bridgehead atoms. The first-order valence-corrected chi connectivity index (χ1v) is 11.1. The highest BCUT2D eigenvalue weighted by atomic mass is 32.2. The van der Waals surface area contributed by atoms with Gasteiger partial charge in [0.05, 0.1) is 20.9 Å². The summed E-state index contributed by atoms with van der Waals surface area (Å²) in [7, 11) is -3.64. The standard InChI is InChI=1S/C21H15N5O4S2/c27-26(28)17-6-4-5-15(13-17)14-22-25-20(23-24-21(25)31)16-9-11-19(12-10-16)32(29,30)18-7-2-1-3-8-18/h1-14H,(H,24,31)/b22-14+. The Morgan fingerprint density at radius 2 is 1.69 bits per heavy atom. The zero-order valence-corrected chi connectivity index (χ0v) is 18.0. The molecular formula is C21H15N5O4S2. The van der Waals surface area contributed by atoms with Crippen molar-refractivity contribution in [3.63, 3.8) is 0 Å². The summed E-state index contributed by atoms with van der Waals surface area (Å²) in [5.41, 5.74) is 1.04. The number of aromatic nitrogens is 3. The molecule has 1 heterocycles. The van der Waals surface area contributed by atoms with E-state index in [1.165, 1.54) is 47.3 Å². The molecule has 32 heavy (non-hydrogen) atoms. The summed E-state index contributed by atoms with van der Waals surface area (Å²) in [4.78, 5) is 10.8. The minimum absolute atomic E-state index is 0.0554. The summed E-state index contributed by atoms with van der Waals surface area (Å²) >= 11 is 5.23. The molecule has 11 heteroatoms. The number of rotatable bonds is 6. The maximum Gasteiger partial charge on any atom is 0.270 e. The van der Waals surface area contributed by atoms with Gasteiger partial charge in [0.1, 0.15) is 0 Å². The van der Waals surface area contributed by atoms with Gasteiger partial charge in [-0.25, -0.2) is 13.5 Å². The van der Waals surface area contributed by atoms with E-state index in [2.05, 4.69) is 15.3 Å². The Labute approximate surface area is 187 Å².